The molecule has 1 aliphatic rings. The molecule has 3 rings (SSSR count). The summed E-state index contributed by atoms with van der Waals surface area (Å²) >= 11 is 0. The number of hydrogen-bond donors (Lipinski definition) is 2. The monoisotopic (exact) mass is 381 g/mol. The largest absolute Gasteiger partial charge is 0.481 e. The number of ether oxygens (including phenoxy) is 1. The van der Waals surface area contributed by atoms with Crippen LogP contribution in [0.3, 0.4) is 0 Å². The van der Waals surface area contributed by atoms with Crippen molar-refractivity contribution in [3.63, 3.8) is 0 Å². The molecule has 0 fully saturated rings. The predicted molar refractivity (Wildman–Crippen MR) is 108 cm³/mol. The summed E-state index contributed by atoms with van der Waals surface area (Å²) in [5, 5.41) is 11.8. The van der Waals surface area contributed by atoms with Crippen molar-refractivity contribution in [1.82, 2.24) is 5.32 Å². The molecule has 0 saturated heterocycles. The molecule has 0 aliphatic heterocycles. The number of alkyl carbamates (subject to hydrolysis) is 1. The Hall–Kier alpha value is -2.82. The van der Waals surface area contributed by atoms with Gasteiger partial charge in [-0.1, -0.05) is 68.8 Å². The van der Waals surface area contributed by atoms with E-state index in [0.717, 1.165) is 6.42 Å². The van der Waals surface area contributed by atoms with Gasteiger partial charge in [-0.15, -0.1) is 0 Å². The van der Waals surface area contributed by atoms with Gasteiger partial charge in [-0.05, 0) is 34.6 Å². The van der Waals surface area contributed by atoms with E-state index in [4.69, 9.17) is 9.84 Å². The summed E-state index contributed by atoms with van der Waals surface area (Å²) in [6.07, 6.45) is 0.791. The van der Waals surface area contributed by atoms with Crippen molar-refractivity contribution < 1.29 is 19.4 Å². The molecule has 28 heavy (non-hydrogen) atoms. The van der Waals surface area contributed by atoms with Gasteiger partial charge in [0.1, 0.15) is 6.61 Å². The van der Waals surface area contributed by atoms with Gasteiger partial charge in [0.25, 0.3) is 0 Å². The Morgan fingerprint density at radius 2 is 1.64 bits per heavy atom. The fourth-order valence-corrected chi connectivity index (χ4v) is 3.85. The van der Waals surface area contributed by atoms with Crippen LogP contribution in [0.2, 0.25) is 0 Å². The van der Waals surface area contributed by atoms with E-state index < -0.39 is 12.1 Å². The first-order valence-corrected chi connectivity index (χ1v) is 9.84. The molecule has 1 amide bonds. The summed E-state index contributed by atoms with van der Waals surface area (Å²) in [4.78, 5) is 23.3. The molecule has 0 spiro atoms. The first-order chi connectivity index (χ1) is 13.5. The van der Waals surface area contributed by atoms with E-state index in [2.05, 4.69) is 29.6 Å². The Kier molecular flexibility index (Phi) is 6.34. The lowest BCUT2D eigenvalue weighted by molar-refractivity contribution is -0.137. The lowest BCUT2D eigenvalue weighted by Gasteiger charge is -2.24. The maximum Gasteiger partial charge on any atom is 0.407 e. The molecule has 2 aromatic carbocycles. The van der Waals surface area contributed by atoms with E-state index in [1.807, 2.05) is 38.1 Å². The standard InChI is InChI=1S/C23H27NO4/c1-3-15(2)21(12-13-22(25)26)24-23(27)28-14-20-18-10-6-4-8-16(18)17-9-5-7-11-19(17)20/h4-11,15,20-21H,3,12-14H2,1-2H3,(H,24,27)(H,25,26). The van der Waals surface area contributed by atoms with Gasteiger partial charge >= 0.3 is 12.1 Å². The maximum absolute atomic E-state index is 12.4. The molecule has 0 radical (unpaired) electrons. The van der Waals surface area contributed by atoms with Crippen LogP contribution in [0.15, 0.2) is 48.5 Å². The van der Waals surface area contributed by atoms with E-state index in [-0.39, 0.29) is 30.9 Å². The van der Waals surface area contributed by atoms with Crippen LogP contribution in [-0.4, -0.2) is 29.8 Å². The highest BCUT2D eigenvalue weighted by molar-refractivity contribution is 5.79. The molecule has 1 aliphatic carbocycles. The smallest absolute Gasteiger partial charge is 0.407 e. The van der Waals surface area contributed by atoms with E-state index in [9.17, 15) is 9.59 Å². The molecule has 2 atom stereocenters. The average molecular weight is 381 g/mol. The molecule has 2 unspecified atom stereocenters. The van der Waals surface area contributed by atoms with Crippen molar-refractivity contribution in [3.05, 3.63) is 59.7 Å². The second-order valence-electron chi connectivity index (χ2n) is 7.39. The first kappa shape index (κ1) is 19.9. The molecule has 5 heteroatoms. The van der Waals surface area contributed by atoms with Crippen LogP contribution >= 0.6 is 0 Å². The summed E-state index contributed by atoms with van der Waals surface area (Å²) < 4.78 is 5.57. The first-order valence-electron chi connectivity index (χ1n) is 9.84. The van der Waals surface area contributed by atoms with E-state index >= 15 is 0 Å². The molecule has 0 aromatic heterocycles. The zero-order valence-electron chi connectivity index (χ0n) is 16.4. The Balaban J connectivity index is 1.66. The van der Waals surface area contributed by atoms with E-state index in [1.165, 1.54) is 22.3 Å². The Bertz CT molecular complexity index is 803. The summed E-state index contributed by atoms with van der Waals surface area (Å²) in [5.74, 6) is -0.665. The van der Waals surface area contributed by atoms with Gasteiger partial charge in [0, 0.05) is 18.4 Å². The summed E-state index contributed by atoms with van der Waals surface area (Å²) in [5.41, 5.74) is 4.71. The van der Waals surface area contributed by atoms with Gasteiger partial charge in [-0.25, -0.2) is 4.79 Å². The van der Waals surface area contributed by atoms with Gasteiger partial charge in [0.15, 0.2) is 0 Å². The second-order valence-corrected chi connectivity index (χ2v) is 7.39. The van der Waals surface area contributed by atoms with E-state index in [1.54, 1.807) is 0 Å². The summed E-state index contributed by atoms with van der Waals surface area (Å²) in [6, 6.07) is 16.2. The fourth-order valence-electron chi connectivity index (χ4n) is 3.85. The highest BCUT2D eigenvalue weighted by Gasteiger charge is 2.29. The van der Waals surface area contributed by atoms with Crippen LogP contribution in [-0.2, 0) is 9.53 Å². The van der Waals surface area contributed by atoms with Gasteiger partial charge in [-0.2, -0.15) is 0 Å². The number of amides is 1. The van der Waals surface area contributed by atoms with Crippen molar-refractivity contribution in [2.75, 3.05) is 6.61 Å². The van der Waals surface area contributed by atoms with Crippen LogP contribution in [0.4, 0.5) is 4.79 Å². The zero-order chi connectivity index (χ0) is 20.1. The van der Waals surface area contributed by atoms with Gasteiger partial charge in [-0.3, -0.25) is 4.79 Å². The van der Waals surface area contributed by atoms with Crippen LogP contribution in [0.1, 0.15) is 50.2 Å². The minimum Gasteiger partial charge on any atom is -0.481 e. The summed E-state index contributed by atoms with van der Waals surface area (Å²) in [6.45, 7) is 4.29. The molecule has 0 heterocycles. The van der Waals surface area contributed by atoms with Crippen LogP contribution in [0.25, 0.3) is 11.1 Å². The van der Waals surface area contributed by atoms with Crippen molar-refractivity contribution in [2.24, 2.45) is 5.92 Å². The fraction of sp³-hybridized carbons (Fsp3) is 0.391. The van der Waals surface area contributed by atoms with Gasteiger partial charge in [0.05, 0.1) is 0 Å². The molecule has 2 aromatic rings. The van der Waals surface area contributed by atoms with Crippen LogP contribution < -0.4 is 5.32 Å². The van der Waals surface area contributed by atoms with Crippen LogP contribution in [0, 0.1) is 5.92 Å². The van der Waals surface area contributed by atoms with Gasteiger partial charge in [0.2, 0.25) is 0 Å². The number of fused-ring (bicyclic) bond motifs is 3. The molecule has 0 saturated carbocycles. The number of carbonyl (C=O) groups excluding carboxylic acids is 1. The summed E-state index contributed by atoms with van der Waals surface area (Å²) in [7, 11) is 0. The van der Waals surface area contributed by atoms with Crippen LogP contribution in [0.5, 0.6) is 0 Å². The lowest BCUT2D eigenvalue weighted by Crippen LogP contribution is -2.40. The average Bonchev–Trinajstić information content (AvgIpc) is 3.02. The predicted octanol–water partition coefficient (Wildman–Crippen LogP) is 4.80. The minimum atomic E-state index is -0.859. The van der Waals surface area contributed by atoms with Gasteiger partial charge < -0.3 is 15.2 Å². The lowest BCUT2D eigenvalue weighted by atomic mass is 9.95. The number of hydrogen-bond acceptors (Lipinski definition) is 3. The number of carboxylic acid groups (broad SMARTS) is 1. The molecular formula is C23H27NO4. The number of nitrogens with one attached hydrogen (secondary N) is 1. The number of rotatable bonds is 8. The minimum absolute atomic E-state index is 0.0132. The molecule has 2 N–H and O–H groups in total. The third-order valence-electron chi connectivity index (χ3n) is 5.65. The zero-order valence-corrected chi connectivity index (χ0v) is 16.4. The third kappa shape index (κ3) is 4.35. The third-order valence-corrected chi connectivity index (χ3v) is 5.65. The Labute approximate surface area is 165 Å². The normalized spacial score (nSPS) is 14.6. The Morgan fingerprint density at radius 3 is 2.18 bits per heavy atom. The number of benzene rings is 2. The quantitative estimate of drug-likeness (QED) is 0.688. The van der Waals surface area contributed by atoms with Crippen molar-refractivity contribution in [3.8, 4) is 11.1 Å². The molecule has 0 bridgehead atoms. The van der Waals surface area contributed by atoms with E-state index in [0.29, 0.717) is 6.42 Å². The number of carboxylic acids is 1. The SMILES string of the molecule is CCC(C)C(CCC(=O)O)NC(=O)OCC1c2ccccc2-c2ccccc21. The van der Waals surface area contributed by atoms with Crippen molar-refractivity contribution >= 4 is 12.1 Å². The second kappa shape index (κ2) is 8.91. The van der Waals surface area contributed by atoms with Crippen molar-refractivity contribution in [1.29, 1.82) is 0 Å². The van der Waals surface area contributed by atoms with Crippen molar-refractivity contribution in [2.45, 2.75) is 45.1 Å². The molecule has 148 valence electrons. The number of carbonyl (C=O) groups is 2. The molecule has 5 nitrogen and oxygen atoms in total. The topological polar surface area (TPSA) is 75.6 Å². The highest BCUT2D eigenvalue weighted by Crippen LogP contribution is 2.44. The maximum atomic E-state index is 12.4. The number of aliphatic carboxylic acids is 1. The highest BCUT2D eigenvalue weighted by atomic mass is 16.5. The Morgan fingerprint density at radius 1 is 1.07 bits per heavy atom. The molecular weight excluding hydrogens is 354 g/mol.